The van der Waals surface area contributed by atoms with E-state index in [1.165, 1.54) is 43.4 Å². The van der Waals surface area contributed by atoms with E-state index in [0.717, 1.165) is 5.13 Å². The van der Waals surface area contributed by atoms with Gasteiger partial charge in [0.05, 0.1) is 0 Å². The molecule has 0 bridgehead atoms. The van der Waals surface area contributed by atoms with Crippen LogP contribution in [0.25, 0.3) is 0 Å². The quantitative estimate of drug-likeness (QED) is 0.869. The summed E-state index contributed by atoms with van der Waals surface area (Å²) in [4.78, 5) is 13.7. The number of rotatable bonds is 4. The number of carbonyl (C=O) groups excluding carboxylic acids is 1. The Morgan fingerprint density at radius 1 is 1.42 bits per heavy atom. The molecule has 1 aliphatic carbocycles. The van der Waals surface area contributed by atoms with Gasteiger partial charge < -0.3 is 4.90 Å². The number of amides is 1. The van der Waals surface area contributed by atoms with Gasteiger partial charge in [0.2, 0.25) is 16.2 Å². The minimum Gasteiger partial charge on any atom is -0.347 e. The van der Waals surface area contributed by atoms with Gasteiger partial charge in [0, 0.05) is 13.1 Å². The molecular formula is C12H19ClN4OS. The zero-order valence-corrected chi connectivity index (χ0v) is 12.8. The summed E-state index contributed by atoms with van der Waals surface area (Å²) in [6.07, 6.45) is 6.30. The van der Waals surface area contributed by atoms with Gasteiger partial charge in [0.1, 0.15) is 5.38 Å². The summed E-state index contributed by atoms with van der Waals surface area (Å²) in [6.45, 7) is 1.63. The maximum Gasteiger partial charge on any atom is 0.243 e. The molecule has 0 aliphatic heterocycles. The molecule has 1 fully saturated rings. The number of aromatic nitrogens is 2. The Bertz CT molecular complexity index is 431. The third kappa shape index (κ3) is 3.79. The van der Waals surface area contributed by atoms with Crippen LogP contribution in [-0.2, 0) is 4.79 Å². The van der Waals surface area contributed by atoms with Crippen LogP contribution in [0, 0.1) is 0 Å². The van der Waals surface area contributed by atoms with Crippen molar-refractivity contribution in [3.8, 4) is 0 Å². The lowest BCUT2D eigenvalue weighted by molar-refractivity contribution is -0.115. The van der Waals surface area contributed by atoms with Crippen molar-refractivity contribution in [2.45, 2.75) is 50.4 Å². The summed E-state index contributed by atoms with van der Waals surface area (Å²) in [5.74, 6) is -0.246. The molecule has 1 saturated carbocycles. The molecule has 1 aliphatic rings. The summed E-state index contributed by atoms with van der Waals surface area (Å²) in [7, 11) is 2.05. The molecule has 19 heavy (non-hydrogen) atoms. The average molecular weight is 303 g/mol. The van der Waals surface area contributed by atoms with Crippen molar-refractivity contribution in [1.82, 2.24) is 10.2 Å². The summed E-state index contributed by atoms with van der Waals surface area (Å²) >= 11 is 7.10. The molecule has 2 rings (SSSR count). The van der Waals surface area contributed by atoms with E-state index in [9.17, 15) is 4.79 Å². The van der Waals surface area contributed by atoms with Gasteiger partial charge in [-0.1, -0.05) is 30.6 Å². The lowest BCUT2D eigenvalue weighted by atomic mass is 9.95. The fourth-order valence-electron chi connectivity index (χ4n) is 2.24. The minimum absolute atomic E-state index is 0.246. The predicted molar refractivity (Wildman–Crippen MR) is 79.1 cm³/mol. The van der Waals surface area contributed by atoms with Gasteiger partial charge in [-0.05, 0) is 19.8 Å². The first-order valence-corrected chi connectivity index (χ1v) is 7.84. The van der Waals surface area contributed by atoms with Crippen molar-refractivity contribution in [2.75, 3.05) is 17.3 Å². The van der Waals surface area contributed by atoms with Crippen molar-refractivity contribution in [3.05, 3.63) is 0 Å². The standard InChI is InChI=1S/C12H19ClN4OS/c1-8(13)10(18)14-11-15-16-12(19-11)17(2)9-6-4-3-5-7-9/h8-9H,3-7H2,1-2H3,(H,14,15,18). The van der Waals surface area contributed by atoms with Crippen LogP contribution in [0.5, 0.6) is 0 Å². The molecule has 0 saturated heterocycles. The van der Waals surface area contributed by atoms with Gasteiger partial charge in [0.25, 0.3) is 0 Å². The van der Waals surface area contributed by atoms with Crippen molar-refractivity contribution < 1.29 is 4.79 Å². The molecule has 7 heteroatoms. The molecule has 0 radical (unpaired) electrons. The van der Waals surface area contributed by atoms with E-state index in [0.29, 0.717) is 11.2 Å². The normalized spacial score (nSPS) is 18.1. The van der Waals surface area contributed by atoms with E-state index >= 15 is 0 Å². The first kappa shape index (κ1) is 14.5. The van der Waals surface area contributed by atoms with Crippen LogP contribution in [0.3, 0.4) is 0 Å². The zero-order chi connectivity index (χ0) is 13.8. The summed E-state index contributed by atoms with van der Waals surface area (Å²) in [5, 5.41) is 11.6. The number of nitrogens with one attached hydrogen (secondary N) is 1. The Balaban J connectivity index is 1.97. The van der Waals surface area contributed by atoms with Crippen LogP contribution < -0.4 is 10.2 Å². The fraction of sp³-hybridized carbons (Fsp3) is 0.750. The van der Waals surface area contributed by atoms with Gasteiger partial charge in [-0.3, -0.25) is 10.1 Å². The third-order valence-corrected chi connectivity index (χ3v) is 4.56. The van der Waals surface area contributed by atoms with E-state index < -0.39 is 5.38 Å². The van der Waals surface area contributed by atoms with Crippen LogP contribution in [-0.4, -0.2) is 34.6 Å². The molecule has 1 atom stereocenters. The van der Waals surface area contributed by atoms with E-state index in [1.54, 1.807) is 6.92 Å². The lowest BCUT2D eigenvalue weighted by Gasteiger charge is -2.30. The van der Waals surface area contributed by atoms with Crippen LogP contribution >= 0.6 is 22.9 Å². The van der Waals surface area contributed by atoms with Crippen LogP contribution in [0.15, 0.2) is 0 Å². The van der Waals surface area contributed by atoms with Crippen LogP contribution in [0.2, 0.25) is 0 Å². The largest absolute Gasteiger partial charge is 0.347 e. The highest BCUT2D eigenvalue weighted by molar-refractivity contribution is 7.19. The molecule has 1 heterocycles. The number of hydrogen-bond donors (Lipinski definition) is 1. The number of anilines is 2. The second-order valence-corrected chi connectivity index (χ2v) is 6.51. The zero-order valence-electron chi connectivity index (χ0n) is 11.2. The van der Waals surface area contributed by atoms with E-state index in [2.05, 4.69) is 20.4 Å². The fourth-order valence-corrected chi connectivity index (χ4v) is 3.07. The molecule has 0 spiro atoms. The summed E-state index contributed by atoms with van der Waals surface area (Å²) < 4.78 is 0. The van der Waals surface area contributed by atoms with Crippen LogP contribution in [0.4, 0.5) is 10.3 Å². The third-order valence-electron chi connectivity index (χ3n) is 3.43. The molecule has 5 nitrogen and oxygen atoms in total. The summed E-state index contributed by atoms with van der Waals surface area (Å²) in [5.41, 5.74) is 0. The predicted octanol–water partition coefficient (Wildman–Crippen LogP) is 2.87. The maximum absolute atomic E-state index is 11.5. The molecule has 1 unspecified atom stereocenters. The maximum atomic E-state index is 11.5. The van der Waals surface area contributed by atoms with Gasteiger partial charge in [-0.15, -0.1) is 21.8 Å². The molecule has 1 N–H and O–H groups in total. The Morgan fingerprint density at radius 3 is 2.74 bits per heavy atom. The minimum atomic E-state index is -0.566. The van der Waals surface area contributed by atoms with Crippen molar-refractivity contribution in [3.63, 3.8) is 0 Å². The highest BCUT2D eigenvalue weighted by Gasteiger charge is 2.21. The van der Waals surface area contributed by atoms with Gasteiger partial charge in [-0.2, -0.15) is 0 Å². The number of hydrogen-bond acceptors (Lipinski definition) is 5. The topological polar surface area (TPSA) is 58.1 Å². The number of halogens is 1. The van der Waals surface area contributed by atoms with Gasteiger partial charge in [-0.25, -0.2) is 0 Å². The van der Waals surface area contributed by atoms with Crippen LogP contribution in [0.1, 0.15) is 39.0 Å². The average Bonchev–Trinajstić information content (AvgIpc) is 2.87. The molecule has 1 amide bonds. The van der Waals surface area contributed by atoms with Crippen molar-refractivity contribution >= 4 is 39.1 Å². The van der Waals surface area contributed by atoms with E-state index in [4.69, 9.17) is 11.6 Å². The highest BCUT2D eigenvalue weighted by atomic mass is 35.5. The Labute approximate surface area is 122 Å². The first-order chi connectivity index (χ1) is 9.08. The van der Waals surface area contributed by atoms with E-state index in [1.807, 2.05) is 7.05 Å². The Hall–Kier alpha value is -0.880. The van der Waals surface area contributed by atoms with Gasteiger partial charge >= 0.3 is 0 Å². The number of nitrogens with zero attached hydrogens (tertiary/aromatic N) is 3. The lowest BCUT2D eigenvalue weighted by Crippen LogP contribution is -2.33. The Kier molecular flexibility index (Phi) is 4.99. The monoisotopic (exact) mass is 302 g/mol. The number of alkyl halides is 1. The first-order valence-electron chi connectivity index (χ1n) is 6.59. The second-order valence-electron chi connectivity index (χ2n) is 4.90. The summed E-state index contributed by atoms with van der Waals surface area (Å²) in [6, 6.07) is 0.539. The Morgan fingerprint density at radius 2 is 2.11 bits per heavy atom. The molecular weight excluding hydrogens is 284 g/mol. The van der Waals surface area contributed by atoms with Crippen molar-refractivity contribution in [1.29, 1.82) is 0 Å². The van der Waals surface area contributed by atoms with Gasteiger partial charge in [0.15, 0.2) is 0 Å². The SMILES string of the molecule is CC(Cl)C(=O)Nc1nnc(N(C)C2CCCCC2)s1. The number of carbonyl (C=O) groups is 1. The smallest absolute Gasteiger partial charge is 0.243 e. The van der Waals surface area contributed by atoms with Crippen molar-refractivity contribution in [2.24, 2.45) is 0 Å². The molecule has 1 aromatic heterocycles. The molecule has 0 aromatic carbocycles. The van der Waals surface area contributed by atoms with E-state index in [-0.39, 0.29) is 5.91 Å². The molecule has 1 aromatic rings. The second kappa shape index (κ2) is 6.52. The molecule has 106 valence electrons. The highest BCUT2D eigenvalue weighted by Crippen LogP contribution is 2.29.